The summed E-state index contributed by atoms with van der Waals surface area (Å²) in [5.74, 6) is 0.837. The Morgan fingerprint density at radius 1 is 1.25 bits per heavy atom. The van der Waals surface area contributed by atoms with Crippen LogP contribution in [0.1, 0.15) is 26.3 Å². The Labute approximate surface area is 96.2 Å². The Hall–Kier alpha value is -1.44. The molecule has 0 saturated heterocycles. The molecule has 0 unspecified atom stereocenters. The maximum Gasteiger partial charge on any atom is 0.137 e. The van der Waals surface area contributed by atoms with Crippen LogP contribution < -0.4 is 4.74 Å². The van der Waals surface area contributed by atoms with Crippen LogP contribution in [0.5, 0.6) is 5.75 Å². The van der Waals surface area contributed by atoms with E-state index in [2.05, 4.69) is 26.8 Å². The Kier molecular flexibility index (Phi) is 2.66. The summed E-state index contributed by atoms with van der Waals surface area (Å²) < 4.78 is 10.7. The van der Waals surface area contributed by atoms with Gasteiger partial charge in [-0.15, -0.1) is 0 Å². The predicted octanol–water partition coefficient (Wildman–Crippen LogP) is 4.03. The molecule has 2 heteroatoms. The van der Waals surface area contributed by atoms with Gasteiger partial charge in [-0.25, -0.2) is 0 Å². The molecule has 0 fully saturated rings. The molecule has 2 nitrogen and oxygen atoms in total. The molecule has 0 saturated carbocycles. The molecule has 0 radical (unpaired) electrons. The standard InChI is InChI=1S/C14H18O2/c1-14(2,3)8-10-9-16-13-7-11(15-4)5-6-12(10)13/h5-7,9H,8H2,1-4H3. The molecular weight excluding hydrogens is 200 g/mol. The van der Waals surface area contributed by atoms with E-state index in [4.69, 9.17) is 9.15 Å². The first-order chi connectivity index (χ1) is 7.49. The number of hydrogen-bond acceptors (Lipinski definition) is 2. The minimum absolute atomic E-state index is 0.275. The van der Waals surface area contributed by atoms with Crippen LogP contribution in [-0.4, -0.2) is 7.11 Å². The summed E-state index contributed by atoms with van der Waals surface area (Å²) in [4.78, 5) is 0. The molecular formula is C14H18O2. The van der Waals surface area contributed by atoms with E-state index in [-0.39, 0.29) is 5.41 Å². The van der Waals surface area contributed by atoms with E-state index in [0.29, 0.717) is 0 Å². The summed E-state index contributed by atoms with van der Waals surface area (Å²) in [5, 5.41) is 1.19. The average Bonchev–Trinajstić information content (AvgIpc) is 2.58. The second kappa shape index (κ2) is 3.85. The lowest BCUT2D eigenvalue weighted by molar-refractivity contribution is 0.410. The first-order valence-corrected chi connectivity index (χ1v) is 5.54. The van der Waals surface area contributed by atoms with Crippen molar-refractivity contribution in [1.29, 1.82) is 0 Å². The van der Waals surface area contributed by atoms with E-state index in [1.54, 1.807) is 7.11 Å². The summed E-state index contributed by atoms with van der Waals surface area (Å²) in [6, 6.07) is 5.98. The molecule has 0 N–H and O–H groups in total. The van der Waals surface area contributed by atoms with E-state index < -0.39 is 0 Å². The number of furan rings is 1. The smallest absolute Gasteiger partial charge is 0.137 e. The lowest BCUT2D eigenvalue weighted by Crippen LogP contribution is -2.08. The minimum atomic E-state index is 0.275. The third-order valence-corrected chi connectivity index (χ3v) is 2.58. The van der Waals surface area contributed by atoms with Gasteiger partial charge in [0.2, 0.25) is 0 Å². The maximum absolute atomic E-state index is 5.56. The van der Waals surface area contributed by atoms with E-state index in [1.165, 1.54) is 10.9 Å². The summed E-state index contributed by atoms with van der Waals surface area (Å²) in [5.41, 5.74) is 2.44. The van der Waals surface area contributed by atoms with Crippen LogP contribution in [0.25, 0.3) is 11.0 Å². The molecule has 0 aliphatic carbocycles. The topological polar surface area (TPSA) is 22.4 Å². The zero-order valence-corrected chi connectivity index (χ0v) is 10.3. The summed E-state index contributed by atoms with van der Waals surface area (Å²) in [7, 11) is 1.67. The fourth-order valence-corrected chi connectivity index (χ4v) is 1.90. The molecule has 16 heavy (non-hydrogen) atoms. The number of methoxy groups -OCH3 is 1. The van der Waals surface area contributed by atoms with Gasteiger partial charge < -0.3 is 9.15 Å². The summed E-state index contributed by atoms with van der Waals surface area (Å²) in [6.45, 7) is 6.69. The van der Waals surface area contributed by atoms with Crippen molar-refractivity contribution in [3.05, 3.63) is 30.0 Å². The maximum atomic E-state index is 5.56. The minimum Gasteiger partial charge on any atom is -0.497 e. The Bertz CT molecular complexity index is 489. The monoisotopic (exact) mass is 218 g/mol. The van der Waals surface area contributed by atoms with Crippen molar-refractivity contribution in [2.45, 2.75) is 27.2 Å². The van der Waals surface area contributed by atoms with Gasteiger partial charge in [-0.2, -0.15) is 0 Å². The highest BCUT2D eigenvalue weighted by Gasteiger charge is 2.15. The van der Waals surface area contributed by atoms with Gasteiger partial charge in [0.15, 0.2) is 0 Å². The number of benzene rings is 1. The lowest BCUT2D eigenvalue weighted by Gasteiger charge is -2.16. The molecule has 86 valence electrons. The van der Waals surface area contributed by atoms with Crippen molar-refractivity contribution in [2.24, 2.45) is 5.41 Å². The molecule has 0 aliphatic heterocycles. The van der Waals surface area contributed by atoms with E-state index in [9.17, 15) is 0 Å². The van der Waals surface area contributed by atoms with Crippen molar-refractivity contribution < 1.29 is 9.15 Å². The predicted molar refractivity (Wildman–Crippen MR) is 65.9 cm³/mol. The van der Waals surface area contributed by atoms with Crippen molar-refractivity contribution >= 4 is 11.0 Å². The Morgan fingerprint density at radius 2 is 2.00 bits per heavy atom. The fourth-order valence-electron chi connectivity index (χ4n) is 1.90. The highest BCUT2D eigenvalue weighted by molar-refractivity contribution is 5.82. The van der Waals surface area contributed by atoms with Crippen molar-refractivity contribution in [1.82, 2.24) is 0 Å². The Morgan fingerprint density at radius 3 is 2.62 bits per heavy atom. The third-order valence-electron chi connectivity index (χ3n) is 2.58. The highest BCUT2D eigenvalue weighted by atomic mass is 16.5. The molecule has 2 rings (SSSR count). The zero-order valence-electron chi connectivity index (χ0n) is 10.3. The van der Waals surface area contributed by atoms with E-state index >= 15 is 0 Å². The average molecular weight is 218 g/mol. The van der Waals surface area contributed by atoms with Gasteiger partial charge in [-0.3, -0.25) is 0 Å². The second-order valence-electron chi connectivity index (χ2n) is 5.36. The normalized spacial score (nSPS) is 12.0. The molecule has 1 aromatic carbocycles. The van der Waals surface area contributed by atoms with Gasteiger partial charge in [0.25, 0.3) is 0 Å². The highest BCUT2D eigenvalue weighted by Crippen LogP contribution is 2.30. The van der Waals surface area contributed by atoms with Crippen LogP contribution in [-0.2, 0) is 6.42 Å². The molecule has 0 amide bonds. The molecule has 1 heterocycles. The van der Waals surface area contributed by atoms with Crippen LogP contribution in [0.15, 0.2) is 28.9 Å². The number of rotatable bonds is 2. The number of fused-ring (bicyclic) bond motifs is 1. The largest absolute Gasteiger partial charge is 0.497 e. The summed E-state index contributed by atoms with van der Waals surface area (Å²) >= 11 is 0. The van der Waals surface area contributed by atoms with Crippen molar-refractivity contribution in [2.75, 3.05) is 7.11 Å². The second-order valence-corrected chi connectivity index (χ2v) is 5.36. The third kappa shape index (κ3) is 2.21. The van der Waals surface area contributed by atoms with Gasteiger partial charge in [0.1, 0.15) is 11.3 Å². The van der Waals surface area contributed by atoms with Gasteiger partial charge in [0.05, 0.1) is 13.4 Å². The first-order valence-electron chi connectivity index (χ1n) is 5.54. The quantitative estimate of drug-likeness (QED) is 0.759. The van der Waals surface area contributed by atoms with Crippen molar-refractivity contribution in [3.8, 4) is 5.75 Å². The summed E-state index contributed by atoms with van der Waals surface area (Å²) in [6.07, 6.45) is 2.88. The first kappa shape index (κ1) is 11.1. The number of hydrogen-bond donors (Lipinski definition) is 0. The Balaban J connectivity index is 2.42. The van der Waals surface area contributed by atoms with Crippen LogP contribution in [0.4, 0.5) is 0 Å². The van der Waals surface area contributed by atoms with Crippen LogP contribution in [0.2, 0.25) is 0 Å². The van der Waals surface area contributed by atoms with Gasteiger partial charge >= 0.3 is 0 Å². The van der Waals surface area contributed by atoms with E-state index in [0.717, 1.165) is 17.8 Å². The zero-order chi connectivity index (χ0) is 11.8. The lowest BCUT2D eigenvalue weighted by atomic mass is 9.88. The van der Waals surface area contributed by atoms with Gasteiger partial charge in [-0.1, -0.05) is 20.8 Å². The molecule has 2 aromatic rings. The van der Waals surface area contributed by atoms with E-state index in [1.807, 2.05) is 18.4 Å². The molecule has 0 bridgehead atoms. The fraction of sp³-hybridized carbons (Fsp3) is 0.429. The van der Waals surface area contributed by atoms with Crippen LogP contribution in [0, 0.1) is 5.41 Å². The molecule has 1 aromatic heterocycles. The molecule has 0 atom stereocenters. The number of ether oxygens (including phenoxy) is 1. The SMILES string of the molecule is COc1ccc2c(CC(C)(C)C)coc2c1. The van der Waals surface area contributed by atoms with Gasteiger partial charge in [0, 0.05) is 11.5 Å². The molecule has 0 aliphatic rings. The van der Waals surface area contributed by atoms with Gasteiger partial charge in [-0.05, 0) is 29.5 Å². The van der Waals surface area contributed by atoms with Crippen molar-refractivity contribution in [3.63, 3.8) is 0 Å². The van der Waals surface area contributed by atoms with Crippen LogP contribution in [0.3, 0.4) is 0 Å². The van der Waals surface area contributed by atoms with Crippen LogP contribution >= 0.6 is 0 Å². The molecule has 0 spiro atoms.